The number of amidine groups is 1. The molecule has 0 bridgehead atoms. The third-order valence-corrected chi connectivity index (χ3v) is 3.77. The summed E-state index contributed by atoms with van der Waals surface area (Å²) in [6, 6.07) is 5.25. The van der Waals surface area contributed by atoms with Gasteiger partial charge in [-0.1, -0.05) is 28.9 Å². The molecule has 5 heteroatoms. The SMILES string of the molecule is O=C1c2c(Cl)cccc2CN2/C(=N/O)CCC12. The lowest BCUT2D eigenvalue weighted by Crippen LogP contribution is -2.42. The van der Waals surface area contributed by atoms with E-state index in [0.717, 1.165) is 5.56 Å². The fourth-order valence-electron chi connectivity index (χ4n) is 2.65. The summed E-state index contributed by atoms with van der Waals surface area (Å²) < 4.78 is 0. The third-order valence-electron chi connectivity index (χ3n) is 3.45. The van der Waals surface area contributed by atoms with Gasteiger partial charge in [0.25, 0.3) is 0 Å². The number of oxime groups is 1. The van der Waals surface area contributed by atoms with Gasteiger partial charge >= 0.3 is 0 Å². The van der Waals surface area contributed by atoms with Crippen molar-refractivity contribution >= 4 is 23.2 Å². The van der Waals surface area contributed by atoms with Crippen molar-refractivity contribution in [2.75, 3.05) is 0 Å². The molecule has 2 aliphatic heterocycles. The van der Waals surface area contributed by atoms with E-state index in [9.17, 15) is 4.79 Å². The summed E-state index contributed by atoms with van der Waals surface area (Å²) in [4.78, 5) is 14.2. The van der Waals surface area contributed by atoms with Crippen LogP contribution in [0.15, 0.2) is 23.4 Å². The summed E-state index contributed by atoms with van der Waals surface area (Å²) in [7, 11) is 0. The van der Waals surface area contributed by atoms with Gasteiger partial charge in [-0.2, -0.15) is 0 Å². The van der Waals surface area contributed by atoms with Gasteiger partial charge in [0.1, 0.15) is 5.84 Å². The van der Waals surface area contributed by atoms with Gasteiger partial charge in [-0.3, -0.25) is 4.79 Å². The lowest BCUT2D eigenvalue weighted by molar-refractivity contribution is 0.0872. The standard InChI is InChI=1S/C12H11ClN2O2/c13-8-3-1-2-7-6-15-9(12(16)11(7)8)4-5-10(15)14-17/h1-3,9,17H,4-6H2/b14-10+. The van der Waals surface area contributed by atoms with Crippen molar-refractivity contribution in [3.63, 3.8) is 0 Å². The molecule has 0 aliphatic carbocycles. The van der Waals surface area contributed by atoms with Crippen LogP contribution in [0.1, 0.15) is 28.8 Å². The highest BCUT2D eigenvalue weighted by Crippen LogP contribution is 2.34. The highest BCUT2D eigenvalue weighted by molar-refractivity contribution is 6.34. The minimum Gasteiger partial charge on any atom is -0.409 e. The summed E-state index contributed by atoms with van der Waals surface area (Å²) in [6.45, 7) is 0.589. The number of hydrogen-bond acceptors (Lipinski definition) is 3. The molecule has 1 N–H and O–H groups in total. The topological polar surface area (TPSA) is 52.9 Å². The molecule has 2 heterocycles. The highest BCUT2D eigenvalue weighted by Gasteiger charge is 2.40. The molecular formula is C12H11ClN2O2. The van der Waals surface area contributed by atoms with Crippen LogP contribution in [0.25, 0.3) is 0 Å². The normalized spacial score (nSPS) is 25.0. The molecule has 3 rings (SSSR count). The smallest absolute Gasteiger partial charge is 0.187 e. The average Bonchev–Trinajstić information content (AvgIpc) is 2.72. The molecule has 1 saturated heterocycles. The van der Waals surface area contributed by atoms with Crippen LogP contribution in [-0.4, -0.2) is 27.8 Å². The van der Waals surface area contributed by atoms with Gasteiger partial charge in [0.05, 0.1) is 11.1 Å². The third kappa shape index (κ3) is 1.44. The molecule has 0 saturated carbocycles. The second-order valence-corrected chi connectivity index (χ2v) is 4.74. The van der Waals surface area contributed by atoms with Crippen molar-refractivity contribution in [3.05, 3.63) is 34.3 Å². The molecule has 88 valence electrons. The van der Waals surface area contributed by atoms with Gasteiger partial charge in [-0.15, -0.1) is 0 Å². The maximum absolute atomic E-state index is 12.3. The zero-order chi connectivity index (χ0) is 12.0. The van der Waals surface area contributed by atoms with E-state index in [2.05, 4.69) is 5.16 Å². The van der Waals surface area contributed by atoms with Crippen molar-refractivity contribution in [1.29, 1.82) is 0 Å². The summed E-state index contributed by atoms with van der Waals surface area (Å²) in [5.41, 5.74) is 1.54. The van der Waals surface area contributed by atoms with E-state index >= 15 is 0 Å². The fourth-order valence-corrected chi connectivity index (χ4v) is 2.94. The summed E-state index contributed by atoms with van der Waals surface area (Å²) in [5, 5.41) is 12.7. The first-order valence-corrected chi connectivity index (χ1v) is 5.89. The van der Waals surface area contributed by atoms with Crippen LogP contribution in [0.2, 0.25) is 5.02 Å². The zero-order valence-corrected chi connectivity index (χ0v) is 9.81. The first-order valence-electron chi connectivity index (χ1n) is 5.51. The Morgan fingerprint density at radius 3 is 3.06 bits per heavy atom. The molecule has 1 atom stereocenters. The highest BCUT2D eigenvalue weighted by atomic mass is 35.5. The number of carbonyl (C=O) groups is 1. The number of fused-ring (bicyclic) bond motifs is 2. The average molecular weight is 251 g/mol. The first kappa shape index (κ1) is 10.6. The fraction of sp³-hybridized carbons (Fsp3) is 0.333. The Morgan fingerprint density at radius 1 is 1.47 bits per heavy atom. The maximum atomic E-state index is 12.3. The van der Waals surface area contributed by atoms with Gasteiger partial charge in [-0.25, -0.2) is 0 Å². The zero-order valence-electron chi connectivity index (χ0n) is 9.06. The number of Topliss-reactive ketones (excluding diaryl/α,β-unsaturated/α-hetero) is 1. The van der Waals surface area contributed by atoms with Crippen molar-refractivity contribution < 1.29 is 10.0 Å². The lowest BCUT2D eigenvalue weighted by Gasteiger charge is -2.31. The van der Waals surface area contributed by atoms with E-state index in [1.165, 1.54) is 0 Å². The number of rotatable bonds is 0. The number of hydrogen-bond donors (Lipinski definition) is 1. The van der Waals surface area contributed by atoms with E-state index in [-0.39, 0.29) is 11.8 Å². The molecule has 2 aliphatic rings. The number of benzene rings is 1. The molecule has 1 aromatic carbocycles. The van der Waals surface area contributed by atoms with Crippen LogP contribution in [0.4, 0.5) is 0 Å². The number of ketones is 1. The van der Waals surface area contributed by atoms with Crippen LogP contribution in [0.5, 0.6) is 0 Å². The monoisotopic (exact) mass is 250 g/mol. The second-order valence-electron chi connectivity index (χ2n) is 4.34. The minimum atomic E-state index is -0.215. The molecule has 0 amide bonds. The summed E-state index contributed by atoms with van der Waals surface area (Å²) in [6.07, 6.45) is 1.33. The van der Waals surface area contributed by atoms with E-state index in [4.69, 9.17) is 16.8 Å². The number of nitrogens with zero attached hydrogens (tertiary/aromatic N) is 2. The van der Waals surface area contributed by atoms with E-state index in [1.807, 2.05) is 17.0 Å². The first-order chi connectivity index (χ1) is 8.22. The van der Waals surface area contributed by atoms with Crippen LogP contribution >= 0.6 is 11.6 Å². The van der Waals surface area contributed by atoms with Crippen molar-refractivity contribution in [2.24, 2.45) is 5.16 Å². The molecule has 17 heavy (non-hydrogen) atoms. The van der Waals surface area contributed by atoms with E-state index in [1.54, 1.807) is 6.07 Å². The van der Waals surface area contributed by atoms with Gasteiger partial charge in [0.15, 0.2) is 5.78 Å². The molecule has 1 fully saturated rings. The van der Waals surface area contributed by atoms with Crippen molar-refractivity contribution in [2.45, 2.75) is 25.4 Å². The van der Waals surface area contributed by atoms with Crippen LogP contribution in [0.3, 0.4) is 0 Å². The van der Waals surface area contributed by atoms with Crippen LogP contribution in [0, 0.1) is 0 Å². The van der Waals surface area contributed by atoms with Gasteiger partial charge < -0.3 is 10.1 Å². The van der Waals surface area contributed by atoms with Gasteiger partial charge in [0.2, 0.25) is 0 Å². The van der Waals surface area contributed by atoms with Crippen LogP contribution in [-0.2, 0) is 6.54 Å². The molecule has 1 unspecified atom stereocenters. The molecule has 0 aromatic heterocycles. The minimum absolute atomic E-state index is 0.0375. The van der Waals surface area contributed by atoms with Gasteiger partial charge in [0, 0.05) is 18.5 Å². The Labute approximate surface area is 103 Å². The predicted octanol–water partition coefficient (Wildman–Crippen LogP) is 2.29. The molecule has 0 spiro atoms. The Morgan fingerprint density at radius 2 is 2.29 bits per heavy atom. The van der Waals surface area contributed by atoms with Gasteiger partial charge in [-0.05, 0) is 18.1 Å². The summed E-state index contributed by atoms with van der Waals surface area (Å²) >= 11 is 6.08. The lowest BCUT2D eigenvalue weighted by atomic mass is 9.93. The van der Waals surface area contributed by atoms with E-state index in [0.29, 0.717) is 35.8 Å². The van der Waals surface area contributed by atoms with Crippen molar-refractivity contribution in [1.82, 2.24) is 4.90 Å². The predicted molar refractivity (Wildman–Crippen MR) is 63.6 cm³/mol. The number of carbonyl (C=O) groups excluding carboxylic acids is 1. The van der Waals surface area contributed by atoms with Crippen molar-refractivity contribution in [3.8, 4) is 0 Å². The quantitative estimate of drug-likeness (QED) is 0.568. The molecule has 0 radical (unpaired) electrons. The molecule has 1 aromatic rings. The van der Waals surface area contributed by atoms with Crippen LogP contribution < -0.4 is 0 Å². The number of halogens is 1. The maximum Gasteiger partial charge on any atom is 0.187 e. The van der Waals surface area contributed by atoms with E-state index < -0.39 is 0 Å². The summed E-state index contributed by atoms with van der Waals surface area (Å²) in [5.74, 6) is 0.629. The Kier molecular flexibility index (Phi) is 2.33. The molecular weight excluding hydrogens is 240 g/mol. The Bertz CT molecular complexity index is 527. The molecule has 4 nitrogen and oxygen atoms in total. The Hall–Kier alpha value is -1.55. The Balaban J connectivity index is 2.11. The largest absolute Gasteiger partial charge is 0.409 e. The second kappa shape index (κ2) is 3.74.